The van der Waals surface area contributed by atoms with Gasteiger partial charge in [0.1, 0.15) is 0 Å². The molecule has 0 amide bonds. The SMILES string of the molecule is CN(C)S(=O)(=O)N(C)C1(CN)CCCCC1. The monoisotopic (exact) mass is 249 g/mol. The second kappa shape index (κ2) is 5.00. The highest BCUT2D eigenvalue weighted by Gasteiger charge is 2.41. The molecule has 2 N–H and O–H groups in total. The fraction of sp³-hybridized carbons (Fsp3) is 1.00. The van der Waals surface area contributed by atoms with Crippen LogP contribution in [0.4, 0.5) is 0 Å². The van der Waals surface area contributed by atoms with Gasteiger partial charge in [0.25, 0.3) is 10.2 Å². The molecule has 1 saturated carbocycles. The first kappa shape index (κ1) is 13.9. The van der Waals surface area contributed by atoms with Crippen LogP contribution in [0, 0.1) is 0 Å². The number of hydrogen-bond donors (Lipinski definition) is 1. The van der Waals surface area contributed by atoms with E-state index in [1.165, 1.54) is 15.0 Å². The Morgan fingerprint density at radius 2 is 1.62 bits per heavy atom. The Kier molecular flexibility index (Phi) is 4.34. The summed E-state index contributed by atoms with van der Waals surface area (Å²) in [4.78, 5) is 0. The molecule has 1 rings (SSSR count). The molecule has 5 nitrogen and oxygen atoms in total. The summed E-state index contributed by atoms with van der Waals surface area (Å²) in [5.41, 5.74) is 5.44. The third-order valence-corrected chi connectivity index (χ3v) is 5.64. The number of nitrogens with zero attached hydrogens (tertiary/aromatic N) is 2. The van der Waals surface area contributed by atoms with Crippen LogP contribution >= 0.6 is 0 Å². The molecule has 0 aromatic heterocycles. The first-order chi connectivity index (χ1) is 7.37. The zero-order valence-electron chi connectivity index (χ0n) is 10.4. The van der Waals surface area contributed by atoms with Crippen molar-refractivity contribution in [2.75, 3.05) is 27.7 Å². The fourth-order valence-electron chi connectivity index (χ4n) is 2.35. The van der Waals surface area contributed by atoms with Crippen molar-refractivity contribution in [1.29, 1.82) is 0 Å². The molecule has 1 fully saturated rings. The lowest BCUT2D eigenvalue weighted by atomic mass is 9.82. The highest BCUT2D eigenvalue weighted by molar-refractivity contribution is 7.86. The smallest absolute Gasteiger partial charge is 0.281 e. The van der Waals surface area contributed by atoms with E-state index in [0.29, 0.717) is 6.54 Å². The van der Waals surface area contributed by atoms with Gasteiger partial charge >= 0.3 is 0 Å². The topological polar surface area (TPSA) is 66.6 Å². The molecule has 0 atom stereocenters. The molecule has 0 bridgehead atoms. The van der Waals surface area contributed by atoms with Crippen LogP contribution in [-0.2, 0) is 10.2 Å². The third-order valence-electron chi connectivity index (χ3n) is 3.64. The van der Waals surface area contributed by atoms with Crippen molar-refractivity contribution in [1.82, 2.24) is 8.61 Å². The maximum atomic E-state index is 12.1. The predicted octanol–water partition coefficient (Wildman–Crippen LogP) is 0.386. The van der Waals surface area contributed by atoms with Crippen molar-refractivity contribution in [3.63, 3.8) is 0 Å². The zero-order valence-corrected chi connectivity index (χ0v) is 11.3. The summed E-state index contributed by atoms with van der Waals surface area (Å²) in [7, 11) is 1.39. The molecule has 96 valence electrons. The van der Waals surface area contributed by atoms with Gasteiger partial charge in [-0.3, -0.25) is 0 Å². The van der Waals surface area contributed by atoms with Gasteiger partial charge in [-0.1, -0.05) is 19.3 Å². The van der Waals surface area contributed by atoms with Crippen molar-refractivity contribution < 1.29 is 8.42 Å². The molecule has 0 spiro atoms. The molecule has 0 aromatic rings. The Morgan fingerprint density at radius 1 is 1.12 bits per heavy atom. The van der Waals surface area contributed by atoms with Crippen LogP contribution in [0.25, 0.3) is 0 Å². The summed E-state index contributed by atoms with van der Waals surface area (Å²) in [6.07, 6.45) is 5.03. The molecule has 0 radical (unpaired) electrons. The van der Waals surface area contributed by atoms with Gasteiger partial charge in [0.2, 0.25) is 0 Å². The molecule has 16 heavy (non-hydrogen) atoms. The van der Waals surface area contributed by atoms with E-state index in [1.54, 1.807) is 21.1 Å². The molecule has 0 saturated heterocycles. The molecule has 1 aliphatic rings. The molecular formula is C10H23N3O2S. The van der Waals surface area contributed by atoms with Crippen molar-refractivity contribution in [3.8, 4) is 0 Å². The summed E-state index contributed by atoms with van der Waals surface area (Å²) in [5.74, 6) is 0. The van der Waals surface area contributed by atoms with Crippen LogP contribution in [0.2, 0.25) is 0 Å². The van der Waals surface area contributed by atoms with Crippen molar-refractivity contribution >= 4 is 10.2 Å². The van der Waals surface area contributed by atoms with Gasteiger partial charge in [0.05, 0.1) is 0 Å². The lowest BCUT2D eigenvalue weighted by Gasteiger charge is -2.43. The van der Waals surface area contributed by atoms with Crippen LogP contribution in [0.3, 0.4) is 0 Å². The predicted molar refractivity (Wildman–Crippen MR) is 65.2 cm³/mol. The van der Waals surface area contributed by atoms with Crippen LogP contribution in [0.15, 0.2) is 0 Å². The highest BCUT2D eigenvalue weighted by Crippen LogP contribution is 2.33. The number of rotatable bonds is 4. The normalized spacial score (nSPS) is 21.6. The average Bonchev–Trinajstić information content (AvgIpc) is 2.28. The fourth-order valence-corrected chi connectivity index (χ4v) is 3.58. The first-order valence-electron chi connectivity index (χ1n) is 5.73. The Hall–Kier alpha value is -0.170. The van der Waals surface area contributed by atoms with Gasteiger partial charge in [-0.05, 0) is 12.8 Å². The molecule has 0 unspecified atom stereocenters. The van der Waals surface area contributed by atoms with E-state index in [2.05, 4.69) is 0 Å². The summed E-state index contributed by atoms with van der Waals surface area (Å²) in [6.45, 7) is 0.399. The standard InChI is InChI=1S/C10H23N3O2S/c1-12(2)16(14,15)13(3)10(9-11)7-5-4-6-8-10/h4-9,11H2,1-3H3. The van der Waals surface area contributed by atoms with Gasteiger partial charge in [-0.15, -0.1) is 0 Å². The second-order valence-corrected chi connectivity index (χ2v) is 6.92. The van der Waals surface area contributed by atoms with Gasteiger partial charge in [-0.2, -0.15) is 17.0 Å². The van der Waals surface area contributed by atoms with E-state index >= 15 is 0 Å². The van der Waals surface area contributed by atoms with Crippen molar-refractivity contribution in [3.05, 3.63) is 0 Å². The molecule has 6 heteroatoms. The molecule has 0 heterocycles. The second-order valence-electron chi connectivity index (χ2n) is 4.75. The van der Waals surface area contributed by atoms with Crippen LogP contribution in [0.1, 0.15) is 32.1 Å². The minimum atomic E-state index is -3.36. The highest BCUT2D eigenvalue weighted by atomic mass is 32.2. The van der Waals surface area contributed by atoms with Crippen LogP contribution < -0.4 is 5.73 Å². The minimum Gasteiger partial charge on any atom is -0.329 e. The number of hydrogen-bond acceptors (Lipinski definition) is 3. The maximum Gasteiger partial charge on any atom is 0.281 e. The third kappa shape index (κ3) is 2.40. The quantitative estimate of drug-likeness (QED) is 0.783. The van der Waals surface area contributed by atoms with E-state index in [1.807, 2.05) is 0 Å². The Bertz CT molecular complexity index is 321. The van der Waals surface area contributed by atoms with E-state index in [4.69, 9.17) is 5.73 Å². The van der Waals surface area contributed by atoms with Gasteiger partial charge in [-0.25, -0.2) is 0 Å². The van der Waals surface area contributed by atoms with Crippen LogP contribution in [-0.4, -0.2) is 50.3 Å². The molecule has 0 aromatic carbocycles. The van der Waals surface area contributed by atoms with E-state index in [0.717, 1.165) is 25.7 Å². The Labute approximate surface area is 98.8 Å². The first-order valence-corrected chi connectivity index (χ1v) is 7.13. The maximum absolute atomic E-state index is 12.1. The summed E-state index contributed by atoms with van der Waals surface area (Å²) in [5, 5.41) is 0. The van der Waals surface area contributed by atoms with E-state index < -0.39 is 10.2 Å². The van der Waals surface area contributed by atoms with Crippen LogP contribution in [0.5, 0.6) is 0 Å². The number of likely N-dealkylation sites (N-methyl/N-ethyl adjacent to an activating group) is 1. The minimum absolute atomic E-state index is 0.374. The van der Waals surface area contributed by atoms with Crippen molar-refractivity contribution in [2.24, 2.45) is 5.73 Å². The van der Waals surface area contributed by atoms with E-state index in [-0.39, 0.29) is 5.54 Å². The van der Waals surface area contributed by atoms with Gasteiger partial charge in [0.15, 0.2) is 0 Å². The van der Waals surface area contributed by atoms with Crippen molar-refractivity contribution in [2.45, 2.75) is 37.6 Å². The number of nitrogens with two attached hydrogens (primary N) is 1. The lowest BCUT2D eigenvalue weighted by molar-refractivity contribution is 0.153. The Balaban J connectivity index is 2.96. The molecule has 0 aliphatic heterocycles. The summed E-state index contributed by atoms with van der Waals surface area (Å²) >= 11 is 0. The van der Waals surface area contributed by atoms with Gasteiger partial charge in [0, 0.05) is 33.2 Å². The summed E-state index contributed by atoms with van der Waals surface area (Å²) < 4.78 is 26.9. The van der Waals surface area contributed by atoms with E-state index in [9.17, 15) is 8.42 Å². The zero-order chi connectivity index (χ0) is 12.4. The largest absolute Gasteiger partial charge is 0.329 e. The Morgan fingerprint density at radius 3 is 2.00 bits per heavy atom. The molecular weight excluding hydrogens is 226 g/mol. The molecule has 1 aliphatic carbocycles. The lowest BCUT2D eigenvalue weighted by Crippen LogP contribution is -2.57. The van der Waals surface area contributed by atoms with Gasteiger partial charge < -0.3 is 5.73 Å². The summed E-state index contributed by atoms with van der Waals surface area (Å²) in [6, 6.07) is 0. The average molecular weight is 249 g/mol.